The van der Waals surface area contributed by atoms with E-state index in [1.807, 2.05) is 73.7 Å². The maximum atomic E-state index is 13.9. The number of hydrogen-bond donors (Lipinski definition) is 2. The number of hydrogen-bond acceptors (Lipinski definition) is 6. The summed E-state index contributed by atoms with van der Waals surface area (Å²) in [7, 11) is 0. The summed E-state index contributed by atoms with van der Waals surface area (Å²) in [4.78, 5) is 39.9. The summed E-state index contributed by atoms with van der Waals surface area (Å²) in [6.07, 6.45) is 5.64. The fourth-order valence-electron chi connectivity index (χ4n) is 4.89. The van der Waals surface area contributed by atoms with Crippen molar-refractivity contribution in [2.24, 2.45) is 11.1 Å². The third kappa shape index (κ3) is 9.99. The van der Waals surface area contributed by atoms with Crippen molar-refractivity contribution in [2.45, 2.75) is 77.8 Å². The quantitative estimate of drug-likeness (QED) is 0.266. The molecule has 2 aromatic carbocycles. The maximum absolute atomic E-state index is 13.9. The number of nitrogens with zero attached hydrogens (tertiary/aromatic N) is 1. The number of halogens is 1. The minimum Gasteiger partial charge on any atom is -0.465 e. The van der Waals surface area contributed by atoms with Gasteiger partial charge in [-0.05, 0) is 56.4 Å². The molecule has 0 radical (unpaired) electrons. The molecule has 0 aliphatic carbocycles. The molecule has 1 fully saturated rings. The van der Waals surface area contributed by atoms with Crippen LogP contribution in [0.25, 0.3) is 0 Å². The first-order valence-corrected chi connectivity index (χ1v) is 14.4. The number of carbonyl (C=O) groups excluding carboxylic acids is 3. The minimum atomic E-state index is -0.898. The van der Waals surface area contributed by atoms with Gasteiger partial charge < -0.3 is 25.4 Å². The summed E-state index contributed by atoms with van der Waals surface area (Å²) in [6.45, 7) is 7.81. The van der Waals surface area contributed by atoms with Crippen LogP contribution in [-0.4, -0.2) is 60.1 Å². The molecule has 2 aromatic rings. The van der Waals surface area contributed by atoms with Crippen LogP contribution in [0.4, 0.5) is 0 Å². The maximum Gasteiger partial charge on any atom is 0.302 e. The Balaban J connectivity index is 1.79. The number of likely N-dealkylation sites (tertiary alicyclic amines) is 1. The molecule has 41 heavy (non-hydrogen) atoms. The molecule has 1 aliphatic rings. The molecule has 0 aromatic heterocycles. The number of nitrogens with two attached hydrogens (primary N) is 1. The van der Waals surface area contributed by atoms with Crippen molar-refractivity contribution in [1.29, 1.82) is 0 Å². The van der Waals surface area contributed by atoms with Crippen LogP contribution in [0.3, 0.4) is 0 Å². The van der Waals surface area contributed by atoms with E-state index in [2.05, 4.69) is 5.32 Å². The van der Waals surface area contributed by atoms with Gasteiger partial charge in [0.15, 0.2) is 0 Å². The van der Waals surface area contributed by atoms with Gasteiger partial charge in [-0.3, -0.25) is 14.4 Å². The highest BCUT2D eigenvalue weighted by Crippen LogP contribution is 2.29. The second-order valence-electron chi connectivity index (χ2n) is 11.1. The second kappa shape index (κ2) is 15.1. The highest BCUT2D eigenvalue weighted by atomic mass is 35.5. The van der Waals surface area contributed by atoms with E-state index in [0.29, 0.717) is 24.6 Å². The molecule has 1 unspecified atom stereocenters. The lowest BCUT2D eigenvalue weighted by atomic mass is 9.83. The van der Waals surface area contributed by atoms with E-state index in [9.17, 15) is 14.4 Å². The second-order valence-corrected chi connectivity index (χ2v) is 11.6. The first-order valence-electron chi connectivity index (χ1n) is 14.1. The first kappa shape index (κ1) is 32.3. The molecule has 3 rings (SSSR count). The summed E-state index contributed by atoms with van der Waals surface area (Å²) in [5.41, 5.74) is 7.27. The molecular weight excluding hydrogens is 542 g/mol. The fourth-order valence-corrected chi connectivity index (χ4v) is 5.10. The van der Waals surface area contributed by atoms with Gasteiger partial charge in [0.05, 0.1) is 24.8 Å². The SMILES string of the molecule is CC(=O)OC[C@@](C)(/C=C/[C@@H]1CCCN1C(=O)[C@@H](NC(=O)[C@H](C)N)C(C)OCc1ccccc1)Cc1cccc(Cl)c1. The Kier molecular flexibility index (Phi) is 11.9. The van der Waals surface area contributed by atoms with Crippen LogP contribution < -0.4 is 11.1 Å². The average molecular weight is 584 g/mol. The summed E-state index contributed by atoms with van der Waals surface area (Å²) < 4.78 is 11.5. The largest absolute Gasteiger partial charge is 0.465 e. The molecule has 1 saturated heterocycles. The van der Waals surface area contributed by atoms with Crippen molar-refractivity contribution in [3.05, 3.63) is 82.9 Å². The van der Waals surface area contributed by atoms with Crippen LogP contribution in [0.5, 0.6) is 0 Å². The Morgan fingerprint density at radius 3 is 2.51 bits per heavy atom. The lowest BCUT2D eigenvalue weighted by Crippen LogP contribution is -2.57. The molecule has 222 valence electrons. The zero-order chi connectivity index (χ0) is 30.0. The van der Waals surface area contributed by atoms with Crippen LogP contribution >= 0.6 is 11.6 Å². The van der Waals surface area contributed by atoms with Crippen molar-refractivity contribution >= 4 is 29.4 Å². The normalized spacial score (nSPS) is 18.9. The summed E-state index contributed by atoms with van der Waals surface area (Å²) >= 11 is 6.21. The highest BCUT2D eigenvalue weighted by molar-refractivity contribution is 6.30. The molecular formula is C32H42ClN3O5. The van der Waals surface area contributed by atoms with E-state index in [0.717, 1.165) is 24.0 Å². The first-order chi connectivity index (χ1) is 19.5. The standard InChI is InChI=1S/C32H42ClN3O5/c1-22(34)30(38)35-29(23(2)40-20-25-10-6-5-7-11-25)31(39)36-17-9-14-28(36)15-16-32(4,21-41-24(3)37)19-26-12-8-13-27(33)18-26/h5-8,10-13,15-16,18,22-23,28-29H,9,14,17,19-21,34H2,1-4H3,(H,35,38)/b16-15+/t22-,23?,28-,29-,32-/m0/s1. The van der Waals surface area contributed by atoms with E-state index in [1.165, 1.54) is 6.92 Å². The van der Waals surface area contributed by atoms with Crippen LogP contribution in [0.15, 0.2) is 66.7 Å². The number of carbonyl (C=O) groups is 3. The summed E-state index contributed by atoms with van der Waals surface area (Å²) in [5.74, 6) is -0.992. The predicted octanol–water partition coefficient (Wildman–Crippen LogP) is 4.44. The van der Waals surface area contributed by atoms with Crippen molar-refractivity contribution in [3.8, 4) is 0 Å². The molecule has 9 heteroatoms. The van der Waals surface area contributed by atoms with Crippen LogP contribution in [-0.2, 0) is 36.9 Å². The fraction of sp³-hybridized carbons (Fsp3) is 0.469. The van der Waals surface area contributed by atoms with Gasteiger partial charge in [0, 0.05) is 23.9 Å². The van der Waals surface area contributed by atoms with E-state index >= 15 is 0 Å². The average Bonchev–Trinajstić information content (AvgIpc) is 3.41. The van der Waals surface area contributed by atoms with Crippen molar-refractivity contribution < 1.29 is 23.9 Å². The van der Waals surface area contributed by atoms with E-state index in [1.54, 1.807) is 18.7 Å². The molecule has 0 bridgehead atoms. The van der Waals surface area contributed by atoms with Gasteiger partial charge in [-0.1, -0.05) is 73.1 Å². The Morgan fingerprint density at radius 1 is 1.15 bits per heavy atom. The molecule has 1 heterocycles. The third-order valence-electron chi connectivity index (χ3n) is 7.21. The molecule has 3 N–H and O–H groups in total. The lowest BCUT2D eigenvalue weighted by molar-refractivity contribution is -0.143. The number of benzene rings is 2. The molecule has 0 saturated carbocycles. The van der Waals surface area contributed by atoms with Crippen molar-refractivity contribution in [3.63, 3.8) is 0 Å². The van der Waals surface area contributed by atoms with Gasteiger partial charge in [0.25, 0.3) is 0 Å². The molecule has 2 amide bonds. The summed E-state index contributed by atoms with van der Waals surface area (Å²) in [6, 6.07) is 15.4. The third-order valence-corrected chi connectivity index (χ3v) is 7.44. The number of nitrogens with one attached hydrogen (secondary N) is 1. The zero-order valence-electron chi connectivity index (χ0n) is 24.3. The van der Waals surface area contributed by atoms with Gasteiger partial charge in [0.2, 0.25) is 11.8 Å². The van der Waals surface area contributed by atoms with Gasteiger partial charge in [0.1, 0.15) is 12.6 Å². The molecule has 8 nitrogen and oxygen atoms in total. The number of amides is 2. The zero-order valence-corrected chi connectivity index (χ0v) is 25.1. The highest BCUT2D eigenvalue weighted by Gasteiger charge is 2.37. The molecule has 1 aliphatic heterocycles. The monoisotopic (exact) mass is 583 g/mol. The van der Waals surface area contributed by atoms with E-state index < -0.39 is 29.5 Å². The van der Waals surface area contributed by atoms with Crippen LogP contribution in [0.1, 0.15) is 51.7 Å². The Morgan fingerprint density at radius 2 is 1.85 bits per heavy atom. The topological polar surface area (TPSA) is 111 Å². The van der Waals surface area contributed by atoms with Crippen molar-refractivity contribution in [2.75, 3.05) is 13.2 Å². The van der Waals surface area contributed by atoms with Crippen LogP contribution in [0, 0.1) is 5.41 Å². The van der Waals surface area contributed by atoms with Gasteiger partial charge >= 0.3 is 5.97 Å². The predicted molar refractivity (Wildman–Crippen MR) is 160 cm³/mol. The van der Waals surface area contributed by atoms with Gasteiger partial charge in [-0.25, -0.2) is 0 Å². The minimum absolute atomic E-state index is 0.184. The number of rotatable bonds is 13. The van der Waals surface area contributed by atoms with E-state index in [-0.39, 0.29) is 24.5 Å². The van der Waals surface area contributed by atoms with Gasteiger partial charge in [-0.15, -0.1) is 0 Å². The Hall–Kier alpha value is -3.20. The van der Waals surface area contributed by atoms with E-state index in [4.69, 9.17) is 26.8 Å². The molecule has 5 atom stereocenters. The van der Waals surface area contributed by atoms with Gasteiger partial charge in [-0.2, -0.15) is 0 Å². The Bertz CT molecular complexity index is 1200. The molecule has 0 spiro atoms. The van der Waals surface area contributed by atoms with Crippen LogP contribution in [0.2, 0.25) is 5.02 Å². The smallest absolute Gasteiger partial charge is 0.302 e. The number of esters is 1. The van der Waals surface area contributed by atoms with Crippen molar-refractivity contribution in [1.82, 2.24) is 10.2 Å². The number of ether oxygens (including phenoxy) is 2. The Labute approximate surface area is 248 Å². The lowest BCUT2D eigenvalue weighted by Gasteiger charge is -2.32. The summed E-state index contributed by atoms with van der Waals surface area (Å²) in [5, 5.41) is 3.46.